The van der Waals surface area contributed by atoms with Gasteiger partial charge in [0.25, 0.3) is 0 Å². The monoisotopic (exact) mass is 267 g/mol. The molecule has 0 spiro atoms. The summed E-state index contributed by atoms with van der Waals surface area (Å²) in [5, 5.41) is 3.50. The lowest BCUT2D eigenvalue weighted by Gasteiger charge is -2.16. The van der Waals surface area contributed by atoms with E-state index < -0.39 is 0 Å². The number of nitrogens with two attached hydrogens (primary N) is 1. The van der Waals surface area contributed by atoms with Crippen molar-refractivity contribution in [1.82, 2.24) is 9.97 Å². The van der Waals surface area contributed by atoms with Gasteiger partial charge in [0.15, 0.2) is 5.82 Å². The minimum atomic E-state index is -0.116. The first-order valence-corrected chi connectivity index (χ1v) is 5.59. The van der Waals surface area contributed by atoms with Crippen molar-refractivity contribution < 1.29 is 4.79 Å². The molecule has 2 heterocycles. The second kappa shape index (κ2) is 5.07. The van der Waals surface area contributed by atoms with Crippen LogP contribution in [0.3, 0.4) is 0 Å². The van der Waals surface area contributed by atoms with Gasteiger partial charge in [-0.3, -0.25) is 9.69 Å². The van der Waals surface area contributed by atoms with Crippen LogP contribution in [0.15, 0.2) is 11.3 Å². The molecule has 0 bridgehead atoms. The van der Waals surface area contributed by atoms with E-state index in [0.29, 0.717) is 18.8 Å². The number of rotatable bonds is 3. The first-order valence-electron chi connectivity index (χ1n) is 5.21. The van der Waals surface area contributed by atoms with Gasteiger partial charge in [0, 0.05) is 24.4 Å². The van der Waals surface area contributed by atoms with E-state index in [1.807, 2.05) is 0 Å². The highest BCUT2D eigenvalue weighted by Gasteiger charge is 2.32. The van der Waals surface area contributed by atoms with E-state index in [2.05, 4.69) is 20.0 Å². The molecule has 94 valence electrons. The first-order chi connectivity index (χ1) is 8.61. The summed E-state index contributed by atoms with van der Waals surface area (Å²) >= 11 is 5.68. The Morgan fingerprint density at radius 2 is 2.50 bits per heavy atom. The summed E-state index contributed by atoms with van der Waals surface area (Å²) in [6, 6.07) is 0. The van der Waals surface area contributed by atoms with E-state index in [-0.39, 0.29) is 29.3 Å². The highest BCUT2D eigenvalue weighted by Crippen LogP contribution is 2.28. The molecule has 1 saturated heterocycles. The molecule has 0 radical (unpaired) electrons. The van der Waals surface area contributed by atoms with Crippen LogP contribution in [0.2, 0.25) is 5.28 Å². The minimum absolute atomic E-state index is 0.0264. The van der Waals surface area contributed by atoms with Gasteiger partial charge in [0.2, 0.25) is 11.2 Å². The van der Waals surface area contributed by atoms with Gasteiger partial charge in [-0.1, -0.05) is 5.11 Å². The van der Waals surface area contributed by atoms with Crippen LogP contribution in [-0.2, 0) is 4.79 Å². The quantitative estimate of drug-likeness (QED) is 0.385. The van der Waals surface area contributed by atoms with Gasteiger partial charge in [-0.05, 0) is 23.0 Å². The molecule has 2 N–H and O–H groups in total. The standard InChI is InChI=1S/C9H10ClN7O/c10-9-13-3-6(11)8(15-9)17-4-5(1-7(17)18)2-14-16-12/h3,5H,1-2,4,11H2. The fourth-order valence-electron chi connectivity index (χ4n) is 1.84. The number of hydrogen-bond donors (Lipinski definition) is 1. The summed E-state index contributed by atoms with van der Waals surface area (Å²) in [4.78, 5) is 23.6. The molecule has 1 atom stereocenters. The Hall–Kier alpha value is -2.05. The van der Waals surface area contributed by atoms with Crippen LogP contribution in [0.25, 0.3) is 10.4 Å². The fourth-order valence-corrected chi connectivity index (χ4v) is 1.97. The third-order valence-corrected chi connectivity index (χ3v) is 2.81. The lowest BCUT2D eigenvalue weighted by atomic mass is 10.1. The predicted octanol–water partition coefficient (Wildman–Crippen LogP) is 1.38. The first kappa shape index (κ1) is 12.4. The van der Waals surface area contributed by atoms with Crippen LogP contribution in [-0.4, -0.2) is 29.0 Å². The molecule has 1 amide bonds. The average Bonchev–Trinajstić information content (AvgIpc) is 2.71. The summed E-state index contributed by atoms with van der Waals surface area (Å²) in [5.74, 6) is 0.166. The number of amides is 1. The summed E-state index contributed by atoms with van der Waals surface area (Å²) in [6.45, 7) is 0.687. The van der Waals surface area contributed by atoms with Crippen LogP contribution >= 0.6 is 11.6 Å². The molecule has 1 fully saturated rings. The lowest BCUT2D eigenvalue weighted by molar-refractivity contribution is -0.117. The highest BCUT2D eigenvalue weighted by atomic mass is 35.5. The number of nitrogens with zero attached hydrogens (tertiary/aromatic N) is 6. The third-order valence-electron chi connectivity index (χ3n) is 2.63. The SMILES string of the molecule is [N-]=[N+]=NCC1CC(=O)N(c2nc(Cl)ncc2N)C1. The van der Waals surface area contributed by atoms with Gasteiger partial charge in [0.1, 0.15) is 0 Å². The zero-order chi connectivity index (χ0) is 13.1. The predicted molar refractivity (Wildman–Crippen MR) is 65.9 cm³/mol. The van der Waals surface area contributed by atoms with E-state index >= 15 is 0 Å². The Morgan fingerprint density at radius 3 is 3.22 bits per heavy atom. The molecule has 9 heteroatoms. The van der Waals surface area contributed by atoms with Crippen LogP contribution < -0.4 is 10.6 Å². The van der Waals surface area contributed by atoms with Gasteiger partial charge in [-0.15, -0.1) is 0 Å². The zero-order valence-corrected chi connectivity index (χ0v) is 10.1. The van der Waals surface area contributed by atoms with Crippen molar-refractivity contribution in [3.05, 3.63) is 21.9 Å². The zero-order valence-electron chi connectivity index (χ0n) is 9.32. The molecule has 1 aliphatic rings. The summed E-state index contributed by atoms with van der Waals surface area (Å²) in [5.41, 5.74) is 14.3. The third kappa shape index (κ3) is 2.44. The molecule has 0 aromatic carbocycles. The molecular formula is C9H10ClN7O. The second-order valence-corrected chi connectivity index (χ2v) is 4.24. The molecule has 1 aliphatic heterocycles. The Bertz CT molecular complexity index is 528. The maximum absolute atomic E-state index is 11.8. The summed E-state index contributed by atoms with van der Waals surface area (Å²) < 4.78 is 0. The molecule has 1 aromatic heterocycles. The molecule has 1 aromatic rings. The maximum Gasteiger partial charge on any atom is 0.228 e. The second-order valence-electron chi connectivity index (χ2n) is 3.91. The normalized spacial score (nSPS) is 18.8. The number of carbonyl (C=O) groups excluding carboxylic acids is 1. The van der Waals surface area contributed by atoms with Gasteiger partial charge < -0.3 is 5.73 Å². The Kier molecular flexibility index (Phi) is 3.50. The van der Waals surface area contributed by atoms with Crippen molar-refractivity contribution >= 4 is 29.0 Å². The van der Waals surface area contributed by atoms with Gasteiger partial charge in [-0.2, -0.15) is 4.98 Å². The Balaban J connectivity index is 2.21. The Labute approximate surface area is 107 Å². The number of nitrogen functional groups attached to an aromatic ring is 1. The molecule has 1 unspecified atom stereocenters. The molecule has 8 nitrogen and oxygen atoms in total. The van der Waals surface area contributed by atoms with E-state index in [4.69, 9.17) is 22.9 Å². The largest absolute Gasteiger partial charge is 0.394 e. The Morgan fingerprint density at radius 1 is 1.72 bits per heavy atom. The number of azide groups is 1. The van der Waals surface area contributed by atoms with Crippen molar-refractivity contribution in [3.63, 3.8) is 0 Å². The number of carbonyl (C=O) groups is 1. The average molecular weight is 268 g/mol. The summed E-state index contributed by atoms with van der Waals surface area (Å²) in [6.07, 6.45) is 1.67. The van der Waals surface area contributed by atoms with Crippen LogP contribution in [0.1, 0.15) is 6.42 Å². The molecule has 2 rings (SSSR count). The van der Waals surface area contributed by atoms with Gasteiger partial charge in [-0.25, -0.2) is 4.98 Å². The minimum Gasteiger partial charge on any atom is -0.394 e. The van der Waals surface area contributed by atoms with E-state index in [9.17, 15) is 4.79 Å². The highest BCUT2D eigenvalue weighted by molar-refractivity contribution is 6.28. The van der Waals surface area contributed by atoms with Crippen LogP contribution in [0.4, 0.5) is 11.5 Å². The number of hydrogen-bond acceptors (Lipinski definition) is 5. The maximum atomic E-state index is 11.8. The van der Waals surface area contributed by atoms with Gasteiger partial charge >= 0.3 is 0 Å². The van der Waals surface area contributed by atoms with E-state index in [1.165, 1.54) is 11.1 Å². The molecular weight excluding hydrogens is 258 g/mol. The van der Waals surface area contributed by atoms with Crippen LogP contribution in [0, 0.1) is 5.92 Å². The van der Waals surface area contributed by atoms with Crippen molar-refractivity contribution in [2.75, 3.05) is 23.7 Å². The number of aromatic nitrogens is 2. The smallest absolute Gasteiger partial charge is 0.228 e. The van der Waals surface area contributed by atoms with Crippen molar-refractivity contribution in [1.29, 1.82) is 0 Å². The van der Waals surface area contributed by atoms with Crippen molar-refractivity contribution in [2.24, 2.45) is 11.0 Å². The number of anilines is 2. The topological polar surface area (TPSA) is 121 Å². The van der Waals surface area contributed by atoms with Crippen molar-refractivity contribution in [2.45, 2.75) is 6.42 Å². The molecule has 0 saturated carbocycles. The van der Waals surface area contributed by atoms with Crippen molar-refractivity contribution in [3.8, 4) is 0 Å². The molecule has 18 heavy (non-hydrogen) atoms. The fraction of sp³-hybridized carbons (Fsp3) is 0.444. The van der Waals surface area contributed by atoms with E-state index in [1.54, 1.807) is 0 Å². The van der Waals surface area contributed by atoms with Gasteiger partial charge in [0.05, 0.1) is 11.9 Å². The molecule has 0 aliphatic carbocycles. The summed E-state index contributed by atoms with van der Waals surface area (Å²) in [7, 11) is 0. The van der Waals surface area contributed by atoms with Crippen LogP contribution in [0.5, 0.6) is 0 Å². The number of halogens is 1. The lowest BCUT2D eigenvalue weighted by Crippen LogP contribution is -2.27. The van der Waals surface area contributed by atoms with E-state index in [0.717, 1.165) is 0 Å².